The number of carbonyl (C=O) groups excluding carboxylic acids is 2. The molecule has 1 fully saturated rings. The molecule has 1 N–H and O–H groups in total. The predicted molar refractivity (Wildman–Crippen MR) is 127 cm³/mol. The highest BCUT2D eigenvalue weighted by Gasteiger charge is 2.39. The molecule has 5 rings (SSSR count). The van der Waals surface area contributed by atoms with Crippen LogP contribution < -0.4 is 5.32 Å². The molecule has 1 saturated carbocycles. The number of nitrogens with one attached hydrogen (secondary N) is 1. The Hall–Kier alpha value is -2.57. The largest absolute Gasteiger partial charge is 0.351 e. The molecule has 1 aromatic carbocycles. The SMILES string of the molecule is O=C(NC1CCCCCC1)[C@@H]1c2cccn2-c2ccsc2C(=O)N1Cc1ccc(Cl)cc1. The Morgan fingerprint density at radius 3 is 2.56 bits per heavy atom. The summed E-state index contributed by atoms with van der Waals surface area (Å²) in [6, 6.07) is 12.8. The molecule has 2 amide bonds. The Bertz CT molecular complexity index is 1110. The Balaban J connectivity index is 1.53. The van der Waals surface area contributed by atoms with Gasteiger partial charge in [0.15, 0.2) is 6.04 Å². The van der Waals surface area contributed by atoms with Gasteiger partial charge in [-0.2, -0.15) is 0 Å². The molecule has 32 heavy (non-hydrogen) atoms. The van der Waals surface area contributed by atoms with E-state index in [-0.39, 0.29) is 17.9 Å². The fourth-order valence-electron chi connectivity index (χ4n) is 4.83. The van der Waals surface area contributed by atoms with Crippen molar-refractivity contribution in [3.63, 3.8) is 0 Å². The molecule has 2 aliphatic rings. The van der Waals surface area contributed by atoms with E-state index in [1.165, 1.54) is 24.2 Å². The molecule has 1 atom stereocenters. The smallest absolute Gasteiger partial charge is 0.267 e. The molecule has 7 heteroatoms. The number of fused-ring (bicyclic) bond motifs is 3. The van der Waals surface area contributed by atoms with E-state index in [4.69, 9.17) is 11.6 Å². The minimum Gasteiger partial charge on any atom is -0.351 e. The van der Waals surface area contributed by atoms with Crippen LogP contribution >= 0.6 is 22.9 Å². The van der Waals surface area contributed by atoms with Gasteiger partial charge in [-0.05, 0) is 54.1 Å². The first-order valence-electron chi connectivity index (χ1n) is 11.2. The Morgan fingerprint density at radius 2 is 1.81 bits per heavy atom. The summed E-state index contributed by atoms with van der Waals surface area (Å²) in [6.07, 6.45) is 8.65. The van der Waals surface area contributed by atoms with Crippen LogP contribution in [0.5, 0.6) is 0 Å². The van der Waals surface area contributed by atoms with E-state index >= 15 is 0 Å². The van der Waals surface area contributed by atoms with Gasteiger partial charge in [-0.25, -0.2) is 0 Å². The summed E-state index contributed by atoms with van der Waals surface area (Å²) in [5, 5.41) is 5.86. The van der Waals surface area contributed by atoms with Crippen LogP contribution in [0.3, 0.4) is 0 Å². The number of rotatable bonds is 4. The van der Waals surface area contributed by atoms with Crippen molar-refractivity contribution in [2.24, 2.45) is 0 Å². The van der Waals surface area contributed by atoms with Crippen molar-refractivity contribution in [2.75, 3.05) is 0 Å². The van der Waals surface area contributed by atoms with Gasteiger partial charge in [-0.3, -0.25) is 9.59 Å². The van der Waals surface area contributed by atoms with Crippen LogP contribution in [0, 0.1) is 0 Å². The number of carbonyl (C=O) groups is 2. The first-order chi connectivity index (χ1) is 15.6. The normalized spacial score (nSPS) is 19.1. The van der Waals surface area contributed by atoms with Crippen LogP contribution in [0.4, 0.5) is 0 Å². The second-order valence-corrected chi connectivity index (χ2v) is 9.95. The summed E-state index contributed by atoms with van der Waals surface area (Å²) in [5.41, 5.74) is 2.59. The van der Waals surface area contributed by atoms with Gasteiger partial charge in [0, 0.05) is 23.8 Å². The first kappa shape index (κ1) is 21.3. The number of nitrogens with zero attached hydrogens (tertiary/aromatic N) is 2. The van der Waals surface area contributed by atoms with Crippen LogP contribution in [0.1, 0.15) is 65.5 Å². The lowest BCUT2D eigenvalue weighted by atomic mass is 10.1. The molecule has 0 bridgehead atoms. The number of hydrogen-bond acceptors (Lipinski definition) is 3. The van der Waals surface area contributed by atoms with Gasteiger partial charge in [0.1, 0.15) is 4.88 Å². The van der Waals surface area contributed by atoms with E-state index in [0.29, 0.717) is 16.4 Å². The van der Waals surface area contributed by atoms with E-state index in [1.54, 1.807) is 4.90 Å². The van der Waals surface area contributed by atoms with Crippen molar-refractivity contribution >= 4 is 34.8 Å². The summed E-state index contributed by atoms with van der Waals surface area (Å²) in [4.78, 5) is 29.8. The molecule has 5 nitrogen and oxygen atoms in total. The first-order valence-corrected chi connectivity index (χ1v) is 12.5. The zero-order valence-corrected chi connectivity index (χ0v) is 19.4. The molecule has 3 aromatic rings. The topological polar surface area (TPSA) is 54.3 Å². The maximum atomic E-state index is 13.7. The maximum absolute atomic E-state index is 13.7. The van der Waals surface area contributed by atoms with Gasteiger partial charge in [0.05, 0.1) is 11.4 Å². The summed E-state index contributed by atoms with van der Waals surface area (Å²) < 4.78 is 1.99. The number of thiophene rings is 1. The highest BCUT2D eigenvalue weighted by molar-refractivity contribution is 7.12. The minimum atomic E-state index is -0.698. The third kappa shape index (κ3) is 4.09. The highest BCUT2D eigenvalue weighted by Crippen LogP contribution is 2.36. The average Bonchev–Trinajstić information content (AvgIpc) is 3.37. The van der Waals surface area contributed by atoms with Gasteiger partial charge in [-0.1, -0.05) is 49.4 Å². The van der Waals surface area contributed by atoms with Crippen molar-refractivity contribution in [1.29, 1.82) is 0 Å². The molecule has 2 aromatic heterocycles. The molecular formula is C25H26ClN3O2S. The quantitative estimate of drug-likeness (QED) is 0.498. The molecule has 0 saturated heterocycles. The second-order valence-electron chi connectivity index (χ2n) is 8.60. The van der Waals surface area contributed by atoms with E-state index in [9.17, 15) is 9.59 Å². The van der Waals surface area contributed by atoms with Gasteiger partial charge in [0.2, 0.25) is 5.91 Å². The van der Waals surface area contributed by atoms with Crippen molar-refractivity contribution in [3.05, 3.63) is 75.2 Å². The fourth-order valence-corrected chi connectivity index (χ4v) is 5.79. The molecule has 0 spiro atoms. The van der Waals surface area contributed by atoms with Crippen LogP contribution in [-0.4, -0.2) is 27.3 Å². The molecule has 0 unspecified atom stereocenters. The van der Waals surface area contributed by atoms with Crippen LogP contribution in [0.2, 0.25) is 5.02 Å². The zero-order valence-electron chi connectivity index (χ0n) is 17.8. The van der Waals surface area contributed by atoms with Gasteiger partial charge >= 0.3 is 0 Å². The van der Waals surface area contributed by atoms with Crippen molar-refractivity contribution in [2.45, 2.75) is 57.2 Å². The molecule has 0 radical (unpaired) electrons. The number of amides is 2. The summed E-state index contributed by atoms with van der Waals surface area (Å²) in [6.45, 7) is 0.335. The number of benzene rings is 1. The van der Waals surface area contributed by atoms with Gasteiger partial charge in [-0.15, -0.1) is 11.3 Å². The lowest BCUT2D eigenvalue weighted by Crippen LogP contribution is -2.46. The molecule has 3 heterocycles. The second kappa shape index (κ2) is 9.12. The van der Waals surface area contributed by atoms with E-state index in [0.717, 1.165) is 42.6 Å². The lowest BCUT2D eigenvalue weighted by Gasteiger charge is -2.31. The van der Waals surface area contributed by atoms with Crippen LogP contribution in [0.25, 0.3) is 5.69 Å². The molecule has 1 aliphatic heterocycles. The summed E-state index contributed by atoms with van der Waals surface area (Å²) in [5.74, 6) is -0.219. The number of aromatic nitrogens is 1. The Kier molecular flexibility index (Phi) is 6.07. The van der Waals surface area contributed by atoms with Crippen LogP contribution in [0.15, 0.2) is 54.0 Å². The fraction of sp³-hybridized carbons (Fsp3) is 0.360. The molecular weight excluding hydrogens is 442 g/mol. The minimum absolute atomic E-state index is 0.102. The van der Waals surface area contributed by atoms with E-state index in [2.05, 4.69) is 5.32 Å². The van der Waals surface area contributed by atoms with Crippen molar-refractivity contribution < 1.29 is 9.59 Å². The summed E-state index contributed by atoms with van der Waals surface area (Å²) in [7, 11) is 0. The van der Waals surface area contributed by atoms with E-state index < -0.39 is 6.04 Å². The third-order valence-corrected chi connectivity index (χ3v) is 7.59. The van der Waals surface area contributed by atoms with E-state index in [1.807, 2.05) is 58.6 Å². The third-order valence-electron chi connectivity index (χ3n) is 6.45. The predicted octanol–water partition coefficient (Wildman–Crippen LogP) is 5.73. The zero-order chi connectivity index (χ0) is 22.1. The Labute approximate surface area is 197 Å². The maximum Gasteiger partial charge on any atom is 0.267 e. The monoisotopic (exact) mass is 467 g/mol. The molecule has 166 valence electrons. The van der Waals surface area contributed by atoms with Gasteiger partial charge in [0.25, 0.3) is 5.91 Å². The molecule has 1 aliphatic carbocycles. The summed E-state index contributed by atoms with van der Waals surface area (Å²) >= 11 is 7.49. The average molecular weight is 468 g/mol. The number of hydrogen-bond donors (Lipinski definition) is 1. The standard InChI is InChI=1S/C25H26ClN3O2S/c26-18-11-9-17(10-12-18)16-29-22(24(30)27-19-6-3-1-2-4-7-19)20-8-5-14-28(20)21-13-15-32-23(21)25(29)31/h5,8-15,19,22H,1-4,6-7,16H2,(H,27,30)/t22-/m0/s1. The van der Waals surface area contributed by atoms with Crippen molar-refractivity contribution in [3.8, 4) is 5.69 Å². The van der Waals surface area contributed by atoms with Crippen molar-refractivity contribution in [1.82, 2.24) is 14.8 Å². The lowest BCUT2D eigenvalue weighted by molar-refractivity contribution is -0.127. The Morgan fingerprint density at radius 1 is 1.06 bits per heavy atom. The number of halogens is 1. The van der Waals surface area contributed by atoms with Crippen LogP contribution in [-0.2, 0) is 11.3 Å². The highest BCUT2D eigenvalue weighted by atomic mass is 35.5. The van der Waals surface area contributed by atoms with Gasteiger partial charge < -0.3 is 14.8 Å².